The Bertz CT molecular complexity index is 1460. The molecule has 0 spiro atoms. The lowest BCUT2D eigenvalue weighted by Gasteiger charge is -2.01. The Morgan fingerprint density at radius 1 is 0.680 bits per heavy atom. The maximum Gasteiger partial charge on any atom is 0.215 e. The molecule has 0 saturated heterocycles. The molecule has 3 heterocycles. The smallest absolute Gasteiger partial charge is 0.215 e. The summed E-state index contributed by atoms with van der Waals surface area (Å²) in [5.41, 5.74) is 7.14. The molecule has 0 saturated carbocycles. The van der Waals surface area contributed by atoms with E-state index in [-0.39, 0.29) is 0 Å². The molecule has 0 N–H and O–H groups in total. The number of nitrogens with zero attached hydrogens (tertiary/aromatic N) is 4. The summed E-state index contributed by atoms with van der Waals surface area (Å²) in [5.74, 6) is 0.983. The Morgan fingerprint density at radius 3 is 2.28 bits per heavy atom. The van der Waals surface area contributed by atoms with Gasteiger partial charge in [0.2, 0.25) is 5.78 Å². The summed E-state index contributed by atoms with van der Waals surface area (Å²) in [7, 11) is 4.25. The molecule has 0 aliphatic heterocycles. The predicted molar refractivity (Wildman–Crippen MR) is 103 cm³/mol. The summed E-state index contributed by atoms with van der Waals surface area (Å²) in [4.78, 5) is 4.86. The molecule has 0 bridgehead atoms. The van der Waals surface area contributed by atoms with E-state index in [1.807, 2.05) is 6.07 Å². The molecule has 0 aliphatic rings. The van der Waals surface area contributed by atoms with E-state index < -0.39 is 0 Å². The summed E-state index contributed by atoms with van der Waals surface area (Å²) in [6, 6.07) is 21.4. The van der Waals surface area contributed by atoms with E-state index in [4.69, 9.17) is 4.98 Å². The minimum atomic E-state index is 0.983. The Hall–Kier alpha value is -3.27. The fraction of sp³-hybridized carbons (Fsp3) is 0.0952. The largest absolute Gasteiger partial charge is 0.344 e. The highest BCUT2D eigenvalue weighted by molar-refractivity contribution is 6.20. The summed E-state index contributed by atoms with van der Waals surface area (Å²) in [5, 5.41) is 2.59. The van der Waals surface area contributed by atoms with Gasteiger partial charge in [-0.2, -0.15) is 0 Å². The summed E-state index contributed by atoms with van der Waals surface area (Å²) in [6.07, 6.45) is 0. The average Bonchev–Trinajstić information content (AvgIpc) is 3.26. The minimum absolute atomic E-state index is 0.983. The second-order valence-electron chi connectivity index (χ2n) is 6.70. The van der Waals surface area contributed by atoms with Gasteiger partial charge in [0, 0.05) is 30.4 Å². The number of aryl methyl sites for hydroxylation is 2. The van der Waals surface area contributed by atoms with E-state index in [1.165, 1.54) is 32.8 Å². The van der Waals surface area contributed by atoms with Gasteiger partial charge in [-0.1, -0.05) is 30.3 Å². The fourth-order valence-corrected chi connectivity index (χ4v) is 4.32. The first-order valence-electron chi connectivity index (χ1n) is 8.47. The zero-order valence-electron chi connectivity index (χ0n) is 14.1. The van der Waals surface area contributed by atoms with Gasteiger partial charge in [0.15, 0.2) is 0 Å². The third kappa shape index (κ3) is 1.41. The van der Waals surface area contributed by atoms with Crippen LogP contribution in [0.15, 0.2) is 60.7 Å². The molecule has 25 heavy (non-hydrogen) atoms. The molecular weight excluding hydrogens is 308 g/mol. The lowest BCUT2D eigenvalue weighted by atomic mass is 10.1. The van der Waals surface area contributed by atoms with Gasteiger partial charge in [-0.25, -0.2) is 4.98 Å². The number of benzene rings is 3. The molecule has 4 heteroatoms. The van der Waals surface area contributed by atoms with Crippen molar-refractivity contribution in [1.29, 1.82) is 0 Å². The molecular formula is C21H16N4. The van der Waals surface area contributed by atoms with Crippen LogP contribution in [-0.2, 0) is 14.1 Å². The Morgan fingerprint density at radius 2 is 1.40 bits per heavy atom. The molecule has 0 radical (unpaired) electrons. The number of aromatic nitrogens is 4. The van der Waals surface area contributed by atoms with Crippen LogP contribution >= 0.6 is 0 Å². The summed E-state index contributed by atoms with van der Waals surface area (Å²) < 4.78 is 6.77. The van der Waals surface area contributed by atoms with Crippen molar-refractivity contribution in [1.82, 2.24) is 18.5 Å². The third-order valence-corrected chi connectivity index (χ3v) is 5.45. The molecule has 0 atom stereocenters. The van der Waals surface area contributed by atoms with Crippen molar-refractivity contribution < 1.29 is 0 Å². The summed E-state index contributed by atoms with van der Waals surface area (Å²) in [6.45, 7) is 0. The molecule has 0 fully saturated rings. The highest BCUT2D eigenvalue weighted by atomic mass is 15.2. The van der Waals surface area contributed by atoms with Crippen LogP contribution in [0, 0.1) is 0 Å². The zero-order valence-corrected chi connectivity index (χ0v) is 14.1. The topological polar surface area (TPSA) is 27.2 Å². The fourth-order valence-electron chi connectivity index (χ4n) is 4.32. The van der Waals surface area contributed by atoms with Crippen molar-refractivity contribution >= 4 is 49.7 Å². The first-order valence-corrected chi connectivity index (χ1v) is 8.47. The molecule has 3 aromatic carbocycles. The van der Waals surface area contributed by atoms with Crippen molar-refractivity contribution in [2.75, 3.05) is 0 Å². The predicted octanol–water partition coefficient (Wildman–Crippen LogP) is 4.62. The SMILES string of the molecule is Cn1c2ccccc2c2c1ccc1c2n(C)c2nc3ccccc3n12. The van der Waals surface area contributed by atoms with Crippen molar-refractivity contribution in [2.45, 2.75) is 0 Å². The van der Waals surface area contributed by atoms with Crippen molar-refractivity contribution in [2.24, 2.45) is 14.1 Å². The highest BCUT2D eigenvalue weighted by Crippen LogP contribution is 2.36. The number of hydrogen-bond acceptors (Lipinski definition) is 1. The van der Waals surface area contributed by atoms with E-state index >= 15 is 0 Å². The number of hydrogen-bond donors (Lipinski definition) is 0. The highest BCUT2D eigenvalue weighted by Gasteiger charge is 2.18. The third-order valence-electron chi connectivity index (χ3n) is 5.45. The zero-order chi connectivity index (χ0) is 16.7. The first kappa shape index (κ1) is 13.1. The molecule has 3 aromatic heterocycles. The maximum absolute atomic E-state index is 4.86. The summed E-state index contributed by atoms with van der Waals surface area (Å²) >= 11 is 0. The van der Waals surface area contributed by atoms with E-state index in [0.29, 0.717) is 0 Å². The van der Waals surface area contributed by atoms with Crippen LogP contribution in [0.2, 0.25) is 0 Å². The van der Waals surface area contributed by atoms with Crippen LogP contribution in [-0.4, -0.2) is 18.5 Å². The Balaban J connectivity index is 1.98. The van der Waals surface area contributed by atoms with E-state index in [0.717, 1.165) is 16.8 Å². The molecule has 6 aromatic rings. The van der Waals surface area contributed by atoms with Gasteiger partial charge < -0.3 is 9.13 Å². The maximum atomic E-state index is 4.86. The quantitative estimate of drug-likeness (QED) is 0.400. The van der Waals surface area contributed by atoms with Crippen LogP contribution in [0.1, 0.15) is 0 Å². The molecule has 0 aliphatic carbocycles. The van der Waals surface area contributed by atoms with Crippen LogP contribution in [0.25, 0.3) is 49.7 Å². The lowest BCUT2D eigenvalue weighted by Crippen LogP contribution is -1.89. The van der Waals surface area contributed by atoms with Crippen molar-refractivity contribution in [3.8, 4) is 0 Å². The van der Waals surface area contributed by atoms with Crippen LogP contribution in [0.3, 0.4) is 0 Å². The van der Waals surface area contributed by atoms with Crippen LogP contribution < -0.4 is 0 Å². The number of para-hydroxylation sites is 3. The second-order valence-corrected chi connectivity index (χ2v) is 6.70. The minimum Gasteiger partial charge on any atom is -0.344 e. The van der Waals surface area contributed by atoms with Crippen molar-refractivity contribution in [3.63, 3.8) is 0 Å². The van der Waals surface area contributed by atoms with Gasteiger partial charge in [-0.05, 0) is 30.3 Å². The lowest BCUT2D eigenvalue weighted by molar-refractivity contribution is 0.976. The number of rotatable bonds is 0. The Labute approximate surface area is 143 Å². The standard InChI is InChI=1S/C21H16N4/c1-23-15-9-5-3-7-13(15)19-17(23)11-12-18-20(19)24(2)21-22-14-8-4-6-10-16(14)25(18)21/h3-12H,1-2H3. The van der Waals surface area contributed by atoms with Gasteiger partial charge in [0.1, 0.15) is 0 Å². The molecule has 0 amide bonds. The van der Waals surface area contributed by atoms with E-state index in [1.54, 1.807) is 0 Å². The van der Waals surface area contributed by atoms with Gasteiger partial charge >= 0.3 is 0 Å². The van der Waals surface area contributed by atoms with Crippen LogP contribution in [0.4, 0.5) is 0 Å². The normalized spacial score (nSPS) is 12.4. The molecule has 0 unspecified atom stereocenters. The van der Waals surface area contributed by atoms with E-state index in [9.17, 15) is 0 Å². The van der Waals surface area contributed by atoms with Gasteiger partial charge in [-0.3, -0.25) is 4.40 Å². The number of fused-ring (bicyclic) bond motifs is 9. The first-order chi connectivity index (χ1) is 12.3. The second kappa shape index (κ2) is 4.22. The number of imidazole rings is 2. The monoisotopic (exact) mass is 324 g/mol. The van der Waals surface area contributed by atoms with E-state index in [2.05, 4.69) is 82.2 Å². The molecule has 120 valence electrons. The molecule has 6 rings (SSSR count). The molecule has 4 nitrogen and oxygen atoms in total. The van der Waals surface area contributed by atoms with Gasteiger partial charge in [0.25, 0.3) is 0 Å². The van der Waals surface area contributed by atoms with Crippen LogP contribution in [0.5, 0.6) is 0 Å². The van der Waals surface area contributed by atoms with Gasteiger partial charge in [-0.15, -0.1) is 0 Å². The Kier molecular flexibility index (Phi) is 2.21. The van der Waals surface area contributed by atoms with Gasteiger partial charge in [0.05, 0.1) is 27.6 Å². The average molecular weight is 324 g/mol. The van der Waals surface area contributed by atoms with Crippen molar-refractivity contribution in [3.05, 3.63) is 60.7 Å².